The lowest BCUT2D eigenvalue weighted by Crippen LogP contribution is -2.32. The van der Waals surface area contributed by atoms with Crippen molar-refractivity contribution in [2.24, 2.45) is 5.10 Å². The number of nitrogens with zero attached hydrogens (tertiary/aromatic N) is 1. The van der Waals surface area contributed by atoms with Crippen LogP contribution in [0.15, 0.2) is 41.5 Å². The maximum Gasteiger partial charge on any atom is 0.329 e. The van der Waals surface area contributed by atoms with Gasteiger partial charge in [0.1, 0.15) is 11.5 Å². The molecule has 0 spiro atoms. The van der Waals surface area contributed by atoms with Gasteiger partial charge in [-0.25, -0.2) is 5.43 Å². The van der Waals surface area contributed by atoms with Crippen molar-refractivity contribution in [1.29, 1.82) is 0 Å². The topological polar surface area (TPSA) is 89.0 Å². The lowest BCUT2D eigenvalue weighted by molar-refractivity contribution is -0.136. The van der Waals surface area contributed by atoms with Crippen LogP contribution in [-0.4, -0.2) is 32.2 Å². The number of hydrogen-bond acceptors (Lipinski definition) is 5. The number of methoxy groups -OCH3 is 2. The van der Waals surface area contributed by atoms with Gasteiger partial charge in [0.05, 0.1) is 31.1 Å². The van der Waals surface area contributed by atoms with Crippen molar-refractivity contribution in [3.63, 3.8) is 0 Å². The Morgan fingerprint density at radius 1 is 1.04 bits per heavy atom. The predicted octanol–water partition coefficient (Wildman–Crippen LogP) is 3.10. The molecule has 0 heterocycles. The second kappa shape index (κ2) is 9.07. The molecular weight excluding hydrogens is 381 g/mol. The van der Waals surface area contributed by atoms with Gasteiger partial charge in [-0.2, -0.15) is 5.10 Å². The molecule has 2 N–H and O–H groups in total. The van der Waals surface area contributed by atoms with Crippen molar-refractivity contribution in [3.8, 4) is 11.5 Å². The first-order valence-electron chi connectivity index (χ1n) is 7.26. The Balaban J connectivity index is 1.99. The smallest absolute Gasteiger partial charge is 0.329 e. The van der Waals surface area contributed by atoms with Gasteiger partial charge in [0.25, 0.3) is 0 Å². The maximum absolute atomic E-state index is 12.0. The van der Waals surface area contributed by atoms with Gasteiger partial charge >= 0.3 is 11.8 Å². The molecule has 26 heavy (non-hydrogen) atoms. The van der Waals surface area contributed by atoms with Crippen LogP contribution in [0.2, 0.25) is 10.0 Å². The summed E-state index contributed by atoms with van der Waals surface area (Å²) in [6, 6.07) is 9.54. The van der Waals surface area contributed by atoms with E-state index in [2.05, 4.69) is 15.8 Å². The van der Waals surface area contributed by atoms with Crippen molar-refractivity contribution < 1.29 is 19.1 Å². The van der Waals surface area contributed by atoms with Crippen molar-refractivity contribution in [3.05, 3.63) is 52.0 Å². The Morgan fingerprint density at radius 2 is 1.81 bits per heavy atom. The van der Waals surface area contributed by atoms with E-state index >= 15 is 0 Å². The normalized spacial score (nSPS) is 10.5. The second-order valence-electron chi connectivity index (χ2n) is 4.89. The maximum atomic E-state index is 12.0. The standard InChI is InChI=1S/C17H15Cl2N3O4/c1-25-12-5-6-14(15(8-12)26-2)21-16(23)17(24)22-20-9-10-3-4-11(18)7-13(10)19/h3-9H,1-2H3,(H,21,23)(H,22,24). The van der Waals surface area contributed by atoms with Crippen LogP contribution in [0.3, 0.4) is 0 Å². The summed E-state index contributed by atoms with van der Waals surface area (Å²) >= 11 is 11.8. The highest BCUT2D eigenvalue weighted by Crippen LogP contribution is 2.28. The Kier molecular flexibility index (Phi) is 6.82. The summed E-state index contributed by atoms with van der Waals surface area (Å²) in [6.45, 7) is 0. The Bertz CT molecular complexity index is 856. The molecule has 0 radical (unpaired) electrons. The van der Waals surface area contributed by atoms with Crippen molar-refractivity contribution in [2.75, 3.05) is 19.5 Å². The highest BCUT2D eigenvalue weighted by Gasteiger charge is 2.15. The summed E-state index contributed by atoms with van der Waals surface area (Å²) in [5.74, 6) is -0.965. The molecule has 0 saturated carbocycles. The summed E-state index contributed by atoms with van der Waals surface area (Å²) in [5.41, 5.74) is 2.97. The lowest BCUT2D eigenvalue weighted by atomic mass is 10.2. The zero-order valence-corrected chi connectivity index (χ0v) is 15.4. The van der Waals surface area contributed by atoms with Crippen LogP contribution in [0.25, 0.3) is 0 Å². The highest BCUT2D eigenvalue weighted by atomic mass is 35.5. The van der Waals surface area contributed by atoms with E-state index in [1.807, 2.05) is 0 Å². The Hall–Kier alpha value is -2.77. The molecule has 0 bridgehead atoms. The van der Waals surface area contributed by atoms with Crippen LogP contribution in [0.5, 0.6) is 11.5 Å². The van der Waals surface area contributed by atoms with Crippen LogP contribution < -0.4 is 20.2 Å². The summed E-state index contributed by atoms with van der Waals surface area (Å²) in [5, 5.41) is 6.97. The number of carbonyl (C=O) groups is 2. The van der Waals surface area contributed by atoms with Crippen LogP contribution >= 0.6 is 23.2 Å². The van der Waals surface area contributed by atoms with Crippen LogP contribution in [0, 0.1) is 0 Å². The van der Waals surface area contributed by atoms with Crippen LogP contribution in [0.1, 0.15) is 5.56 Å². The molecule has 2 aromatic carbocycles. The molecule has 0 fully saturated rings. The van der Waals surface area contributed by atoms with Crippen LogP contribution in [0.4, 0.5) is 5.69 Å². The molecule has 0 saturated heterocycles. The molecule has 0 aliphatic rings. The quantitative estimate of drug-likeness (QED) is 0.462. The average molecular weight is 396 g/mol. The molecule has 0 atom stereocenters. The number of hydrazone groups is 1. The SMILES string of the molecule is COc1ccc(NC(=O)C(=O)NN=Cc2ccc(Cl)cc2Cl)c(OC)c1. The fourth-order valence-electron chi connectivity index (χ4n) is 1.90. The van der Waals surface area contributed by atoms with E-state index in [0.717, 1.165) is 0 Å². The number of halogens is 2. The number of benzene rings is 2. The molecule has 9 heteroatoms. The largest absolute Gasteiger partial charge is 0.497 e. The first kappa shape index (κ1) is 19.6. The fraction of sp³-hybridized carbons (Fsp3) is 0.118. The number of rotatable bonds is 5. The third-order valence-electron chi connectivity index (χ3n) is 3.20. The van der Waals surface area contributed by atoms with Gasteiger partial charge < -0.3 is 14.8 Å². The van der Waals surface area contributed by atoms with E-state index in [0.29, 0.717) is 32.8 Å². The van der Waals surface area contributed by atoms with Gasteiger partial charge in [0, 0.05) is 16.7 Å². The average Bonchev–Trinajstić information content (AvgIpc) is 2.63. The number of anilines is 1. The zero-order chi connectivity index (χ0) is 19.1. The molecule has 2 rings (SSSR count). The van der Waals surface area contributed by atoms with Crippen LogP contribution in [-0.2, 0) is 9.59 Å². The summed E-state index contributed by atoms with van der Waals surface area (Å²) < 4.78 is 10.2. The van der Waals surface area contributed by atoms with E-state index < -0.39 is 11.8 Å². The Labute approximate surface area is 159 Å². The third kappa shape index (κ3) is 5.11. The number of amides is 2. The number of nitrogens with one attached hydrogen (secondary N) is 2. The summed E-state index contributed by atoms with van der Waals surface area (Å²) in [7, 11) is 2.94. The van der Waals surface area contributed by atoms with E-state index in [4.69, 9.17) is 32.7 Å². The van der Waals surface area contributed by atoms with Gasteiger partial charge in [-0.1, -0.05) is 29.3 Å². The van der Waals surface area contributed by atoms with Crippen molar-refractivity contribution in [2.45, 2.75) is 0 Å². The third-order valence-corrected chi connectivity index (χ3v) is 3.76. The van der Waals surface area contributed by atoms with Gasteiger partial charge in [0.2, 0.25) is 0 Å². The molecular formula is C17H15Cl2N3O4. The Morgan fingerprint density at radius 3 is 2.46 bits per heavy atom. The minimum atomic E-state index is -0.954. The second-order valence-corrected chi connectivity index (χ2v) is 5.73. The molecule has 0 aliphatic carbocycles. The molecule has 0 aromatic heterocycles. The van der Waals surface area contributed by atoms with Crippen molar-refractivity contribution >= 4 is 46.9 Å². The molecule has 2 aromatic rings. The molecule has 0 aliphatic heterocycles. The fourth-order valence-corrected chi connectivity index (χ4v) is 2.36. The molecule has 7 nitrogen and oxygen atoms in total. The molecule has 2 amide bonds. The van der Waals surface area contributed by atoms with E-state index in [9.17, 15) is 9.59 Å². The van der Waals surface area contributed by atoms with E-state index in [1.165, 1.54) is 26.5 Å². The minimum Gasteiger partial charge on any atom is -0.497 e. The first-order valence-corrected chi connectivity index (χ1v) is 8.01. The lowest BCUT2D eigenvalue weighted by Gasteiger charge is -2.10. The number of hydrogen-bond donors (Lipinski definition) is 2. The molecule has 0 unspecified atom stereocenters. The monoisotopic (exact) mass is 395 g/mol. The predicted molar refractivity (Wildman–Crippen MR) is 100 cm³/mol. The van der Waals surface area contributed by atoms with Gasteiger partial charge in [-0.05, 0) is 24.3 Å². The van der Waals surface area contributed by atoms with E-state index in [1.54, 1.807) is 30.3 Å². The minimum absolute atomic E-state index is 0.318. The summed E-state index contributed by atoms with van der Waals surface area (Å²) in [6.07, 6.45) is 1.30. The zero-order valence-electron chi connectivity index (χ0n) is 13.9. The van der Waals surface area contributed by atoms with Gasteiger partial charge in [0.15, 0.2) is 0 Å². The van der Waals surface area contributed by atoms with E-state index in [-0.39, 0.29) is 0 Å². The van der Waals surface area contributed by atoms with Gasteiger partial charge in [-0.15, -0.1) is 0 Å². The number of carbonyl (C=O) groups excluding carboxylic acids is 2. The summed E-state index contributed by atoms with van der Waals surface area (Å²) in [4.78, 5) is 23.8. The molecule has 136 valence electrons. The van der Waals surface area contributed by atoms with Gasteiger partial charge in [-0.3, -0.25) is 9.59 Å². The number of ether oxygens (including phenoxy) is 2. The van der Waals surface area contributed by atoms with Crippen molar-refractivity contribution in [1.82, 2.24) is 5.43 Å². The highest BCUT2D eigenvalue weighted by molar-refractivity contribution is 6.40. The first-order chi connectivity index (χ1) is 12.4.